The Morgan fingerprint density at radius 2 is 2.09 bits per heavy atom. The molecule has 1 aliphatic heterocycles. The molecule has 0 radical (unpaired) electrons. The molecule has 0 saturated carbocycles. The molecule has 0 aromatic carbocycles. The molecule has 1 aromatic heterocycles. The lowest BCUT2D eigenvalue weighted by Gasteiger charge is -2.28. The lowest BCUT2D eigenvalue weighted by Crippen LogP contribution is -2.46. The van der Waals surface area contributed by atoms with Crippen LogP contribution >= 0.6 is 0 Å². The van der Waals surface area contributed by atoms with Gasteiger partial charge in [-0.1, -0.05) is 0 Å². The first-order valence-electron chi connectivity index (χ1n) is 8.39. The summed E-state index contributed by atoms with van der Waals surface area (Å²) in [5.74, 6) is 0.985. The number of carbonyl (C=O) groups is 1. The van der Waals surface area contributed by atoms with E-state index in [1.54, 1.807) is 18.0 Å². The second kappa shape index (κ2) is 8.15. The van der Waals surface area contributed by atoms with Crippen LogP contribution in [0.2, 0.25) is 0 Å². The average Bonchev–Trinajstić information content (AvgIpc) is 3.04. The summed E-state index contributed by atoms with van der Waals surface area (Å²) in [6.07, 6.45) is 3.69. The van der Waals surface area contributed by atoms with Crippen LogP contribution in [0.25, 0.3) is 0 Å². The lowest BCUT2D eigenvalue weighted by molar-refractivity contribution is 0.119. The highest BCUT2D eigenvalue weighted by Gasteiger charge is 2.18. The van der Waals surface area contributed by atoms with Gasteiger partial charge in [0.2, 0.25) is 0 Å². The maximum Gasteiger partial charge on any atom is 0.317 e. The van der Waals surface area contributed by atoms with Crippen LogP contribution in [0.4, 0.5) is 10.6 Å². The molecule has 6 heteroatoms. The number of aliphatic hydroxyl groups is 1. The van der Waals surface area contributed by atoms with Crippen LogP contribution in [0.3, 0.4) is 0 Å². The number of amides is 2. The highest BCUT2D eigenvalue weighted by Crippen LogP contribution is 2.18. The molecule has 0 bridgehead atoms. The normalized spacial score (nSPS) is 15.8. The molecule has 128 valence electrons. The molecule has 1 atom stereocenters. The van der Waals surface area contributed by atoms with Gasteiger partial charge in [-0.15, -0.1) is 0 Å². The van der Waals surface area contributed by atoms with Crippen molar-refractivity contribution in [3.63, 3.8) is 0 Å². The van der Waals surface area contributed by atoms with Crippen LogP contribution in [0.5, 0.6) is 0 Å². The highest BCUT2D eigenvalue weighted by molar-refractivity contribution is 5.74. The number of carbonyl (C=O) groups excluding carboxylic acids is 1. The minimum absolute atomic E-state index is 0.0437. The summed E-state index contributed by atoms with van der Waals surface area (Å²) in [4.78, 5) is 20.7. The predicted octanol–water partition coefficient (Wildman–Crippen LogP) is 1.98. The predicted molar refractivity (Wildman–Crippen MR) is 91.4 cm³/mol. The van der Waals surface area contributed by atoms with Gasteiger partial charge in [-0.2, -0.15) is 0 Å². The van der Waals surface area contributed by atoms with Crippen molar-refractivity contribution >= 4 is 11.8 Å². The van der Waals surface area contributed by atoms with E-state index in [1.165, 1.54) is 12.8 Å². The Bertz CT molecular complexity index is 513. The van der Waals surface area contributed by atoms with Crippen LogP contribution in [-0.4, -0.2) is 52.8 Å². The Morgan fingerprint density at radius 3 is 2.70 bits per heavy atom. The SMILES string of the molecule is CC(O)CN(C(=O)NCc1ccnc(N2CCCC2)c1)C(C)C. The van der Waals surface area contributed by atoms with E-state index in [0.717, 1.165) is 24.5 Å². The first kappa shape index (κ1) is 17.5. The second-order valence-corrected chi connectivity index (χ2v) is 6.47. The first-order chi connectivity index (χ1) is 11.0. The Morgan fingerprint density at radius 1 is 1.39 bits per heavy atom. The van der Waals surface area contributed by atoms with Crippen molar-refractivity contribution in [1.82, 2.24) is 15.2 Å². The van der Waals surface area contributed by atoms with E-state index >= 15 is 0 Å². The van der Waals surface area contributed by atoms with Crippen LogP contribution < -0.4 is 10.2 Å². The third-order valence-electron chi connectivity index (χ3n) is 4.03. The molecule has 0 aliphatic carbocycles. The molecular weight excluding hydrogens is 292 g/mol. The molecule has 0 spiro atoms. The van der Waals surface area contributed by atoms with Crippen molar-refractivity contribution in [3.05, 3.63) is 23.9 Å². The second-order valence-electron chi connectivity index (χ2n) is 6.47. The van der Waals surface area contributed by atoms with Crippen molar-refractivity contribution in [1.29, 1.82) is 0 Å². The number of nitrogens with one attached hydrogen (secondary N) is 1. The van der Waals surface area contributed by atoms with E-state index in [0.29, 0.717) is 13.1 Å². The van der Waals surface area contributed by atoms with Gasteiger partial charge in [0.25, 0.3) is 0 Å². The van der Waals surface area contributed by atoms with E-state index in [4.69, 9.17) is 0 Å². The van der Waals surface area contributed by atoms with Gasteiger partial charge in [0.1, 0.15) is 5.82 Å². The number of anilines is 1. The van der Waals surface area contributed by atoms with Crippen molar-refractivity contribution in [2.24, 2.45) is 0 Å². The Labute approximate surface area is 138 Å². The number of hydrogen-bond donors (Lipinski definition) is 2. The molecule has 2 rings (SSSR count). The van der Waals surface area contributed by atoms with Crippen molar-refractivity contribution in [3.8, 4) is 0 Å². The van der Waals surface area contributed by atoms with Crippen LogP contribution in [0, 0.1) is 0 Å². The quantitative estimate of drug-likeness (QED) is 0.841. The first-order valence-corrected chi connectivity index (χ1v) is 8.39. The topological polar surface area (TPSA) is 68.7 Å². The number of aliphatic hydroxyl groups excluding tert-OH is 1. The standard InChI is InChI=1S/C17H28N4O2/c1-13(2)21(12-14(3)22)17(23)19-11-15-6-7-18-16(10-15)20-8-4-5-9-20/h6-7,10,13-14,22H,4-5,8-9,11-12H2,1-3H3,(H,19,23). The summed E-state index contributed by atoms with van der Waals surface area (Å²) in [5.41, 5.74) is 1.04. The fourth-order valence-corrected chi connectivity index (χ4v) is 2.78. The zero-order chi connectivity index (χ0) is 16.8. The summed E-state index contributed by atoms with van der Waals surface area (Å²) in [7, 11) is 0. The zero-order valence-corrected chi connectivity index (χ0v) is 14.3. The zero-order valence-electron chi connectivity index (χ0n) is 14.3. The molecule has 1 fully saturated rings. The van der Waals surface area contributed by atoms with Crippen LogP contribution in [-0.2, 0) is 6.54 Å². The Balaban J connectivity index is 1.94. The number of rotatable bonds is 6. The van der Waals surface area contributed by atoms with Gasteiger partial charge in [0.15, 0.2) is 0 Å². The summed E-state index contributed by atoms with van der Waals surface area (Å²) in [6.45, 7) is 8.48. The van der Waals surface area contributed by atoms with Gasteiger partial charge in [-0.3, -0.25) is 0 Å². The van der Waals surface area contributed by atoms with Crippen molar-refractivity contribution < 1.29 is 9.90 Å². The van der Waals surface area contributed by atoms with Gasteiger partial charge in [0.05, 0.1) is 6.10 Å². The van der Waals surface area contributed by atoms with Gasteiger partial charge < -0.3 is 20.2 Å². The molecule has 1 unspecified atom stereocenters. The number of hydrogen-bond acceptors (Lipinski definition) is 4. The van der Waals surface area contributed by atoms with Crippen LogP contribution in [0.1, 0.15) is 39.2 Å². The fourth-order valence-electron chi connectivity index (χ4n) is 2.78. The molecule has 23 heavy (non-hydrogen) atoms. The monoisotopic (exact) mass is 320 g/mol. The maximum absolute atomic E-state index is 12.3. The molecule has 2 amide bonds. The van der Waals surface area contributed by atoms with Crippen LogP contribution in [0.15, 0.2) is 18.3 Å². The minimum atomic E-state index is -0.536. The number of nitrogens with zero attached hydrogens (tertiary/aromatic N) is 3. The molecular formula is C17H28N4O2. The Hall–Kier alpha value is -1.82. The summed E-state index contributed by atoms with van der Waals surface area (Å²) in [5, 5.41) is 12.5. The highest BCUT2D eigenvalue weighted by atomic mass is 16.3. The van der Waals surface area contributed by atoms with Crippen molar-refractivity contribution in [2.75, 3.05) is 24.5 Å². The lowest BCUT2D eigenvalue weighted by atomic mass is 10.2. The molecule has 1 saturated heterocycles. The van der Waals surface area contributed by atoms with E-state index in [9.17, 15) is 9.90 Å². The number of aromatic nitrogens is 1. The van der Waals surface area contributed by atoms with Gasteiger partial charge in [-0.05, 0) is 51.3 Å². The average molecular weight is 320 g/mol. The molecule has 6 nitrogen and oxygen atoms in total. The molecule has 2 heterocycles. The van der Waals surface area contributed by atoms with Gasteiger partial charge in [0, 0.05) is 38.4 Å². The number of pyridine rings is 1. The fraction of sp³-hybridized carbons (Fsp3) is 0.647. The largest absolute Gasteiger partial charge is 0.392 e. The Kier molecular flexibility index (Phi) is 6.21. The summed E-state index contributed by atoms with van der Waals surface area (Å²) in [6, 6.07) is 3.86. The third kappa shape index (κ3) is 5.10. The van der Waals surface area contributed by atoms with E-state index in [-0.39, 0.29) is 12.1 Å². The minimum Gasteiger partial charge on any atom is -0.392 e. The third-order valence-corrected chi connectivity index (χ3v) is 4.03. The van der Waals surface area contributed by atoms with E-state index < -0.39 is 6.10 Å². The summed E-state index contributed by atoms with van der Waals surface area (Å²) >= 11 is 0. The van der Waals surface area contributed by atoms with Crippen molar-refractivity contribution in [2.45, 2.75) is 52.3 Å². The van der Waals surface area contributed by atoms with E-state index in [2.05, 4.69) is 15.2 Å². The van der Waals surface area contributed by atoms with E-state index in [1.807, 2.05) is 26.0 Å². The maximum atomic E-state index is 12.3. The number of urea groups is 1. The molecule has 2 N–H and O–H groups in total. The smallest absolute Gasteiger partial charge is 0.317 e. The summed E-state index contributed by atoms with van der Waals surface area (Å²) < 4.78 is 0. The molecule has 1 aromatic rings. The van der Waals surface area contributed by atoms with Gasteiger partial charge in [-0.25, -0.2) is 9.78 Å². The molecule has 1 aliphatic rings. The van der Waals surface area contributed by atoms with Gasteiger partial charge >= 0.3 is 6.03 Å².